The van der Waals surface area contributed by atoms with Gasteiger partial charge in [0.15, 0.2) is 0 Å². The fourth-order valence-electron chi connectivity index (χ4n) is 1.33. The SMILES string of the molecule is COC(=O)/C=C(\O)C(NP)c1ccc(F)cc1F. The van der Waals surface area contributed by atoms with E-state index in [0.717, 1.165) is 19.3 Å². The minimum absolute atomic E-state index is 0.00375. The van der Waals surface area contributed by atoms with Crippen LogP contribution in [0.1, 0.15) is 11.6 Å². The van der Waals surface area contributed by atoms with Crippen molar-refractivity contribution in [1.82, 2.24) is 5.09 Å². The second-order valence-corrected chi connectivity index (χ2v) is 3.69. The average Bonchev–Trinajstić information content (AvgIpc) is 2.32. The van der Waals surface area contributed by atoms with Crippen molar-refractivity contribution in [3.05, 3.63) is 47.2 Å². The molecule has 4 nitrogen and oxygen atoms in total. The topological polar surface area (TPSA) is 58.6 Å². The normalized spacial score (nSPS) is 13.2. The highest BCUT2D eigenvalue weighted by Gasteiger charge is 2.19. The summed E-state index contributed by atoms with van der Waals surface area (Å²) in [6, 6.07) is 1.93. The van der Waals surface area contributed by atoms with Gasteiger partial charge in [-0.1, -0.05) is 15.5 Å². The van der Waals surface area contributed by atoms with E-state index in [9.17, 15) is 18.7 Å². The van der Waals surface area contributed by atoms with Crippen LogP contribution in [0, 0.1) is 11.6 Å². The Kier molecular flexibility index (Phi) is 5.19. The van der Waals surface area contributed by atoms with Gasteiger partial charge in [-0.2, -0.15) is 0 Å². The van der Waals surface area contributed by atoms with Crippen molar-refractivity contribution in [1.29, 1.82) is 0 Å². The summed E-state index contributed by atoms with van der Waals surface area (Å²) >= 11 is 0. The third kappa shape index (κ3) is 3.48. The Bertz CT molecular complexity index is 479. The molecule has 2 atom stereocenters. The predicted octanol–water partition coefficient (Wildman–Crippen LogP) is 2.00. The first-order chi connectivity index (χ1) is 8.49. The van der Waals surface area contributed by atoms with E-state index in [-0.39, 0.29) is 5.56 Å². The van der Waals surface area contributed by atoms with E-state index in [0.29, 0.717) is 6.07 Å². The molecule has 1 aromatic carbocycles. The highest BCUT2D eigenvalue weighted by molar-refractivity contribution is 7.13. The van der Waals surface area contributed by atoms with Crippen LogP contribution in [0.15, 0.2) is 30.0 Å². The number of halogens is 2. The molecule has 0 saturated heterocycles. The van der Waals surface area contributed by atoms with Crippen LogP contribution in [0.4, 0.5) is 8.78 Å². The quantitative estimate of drug-likeness (QED) is 0.382. The molecule has 2 unspecified atom stereocenters. The number of hydrogen-bond donors (Lipinski definition) is 2. The Balaban J connectivity index is 3.10. The zero-order valence-corrected chi connectivity index (χ0v) is 10.6. The number of hydrogen-bond acceptors (Lipinski definition) is 4. The molecule has 0 heterocycles. The molecule has 0 aliphatic carbocycles. The Labute approximate surface area is 105 Å². The summed E-state index contributed by atoms with van der Waals surface area (Å²) in [5, 5.41) is 12.2. The second kappa shape index (κ2) is 6.42. The van der Waals surface area contributed by atoms with E-state index in [2.05, 4.69) is 19.2 Å². The maximum absolute atomic E-state index is 13.5. The lowest BCUT2D eigenvalue weighted by molar-refractivity contribution is -0.135. The number of methoxy groups -OCH3 is 1. The van der Waals surface area contributed by atoms with Crippen molar-refractivity contribution >= 4 is 15.4 Å². The molecule has 0 amide bonds. The number of carbonyl (C=O) groups excluding carboxylic acids is 1. The van der Waals surface area contributed by atoms with Gasteiger partial charge in [0.05, 0.1) is 19.2 Å². The van der Waals surface area contributed by atoms with Gasteiger partial charge in [-0.3, -0.25) is 5.09 Å². The van der Waals surface area contributed by atoms with Crippen LogP contribution in [0.25, 0.3) is 0 Å². The molecular formula is C11H12F2NO3P. The van der Waals surface area contributed by atoms with Crippen molar-refractivity contribution in [3.8, 4) is 0 Å². The van der Waals surface area contributed by atoms with Gasteiger partial charge >= 0.3 is 5.97 Å². The lowest BCUT2D eigenvalue weighted by Gasteiger charge is -2.16. The van der Waals surface area contributed by atoms with Gasteiger partial charge in [-0.05, 0) is 6.07 Å². The first-order valence-corrected chi connectivity index (χ1v) is 5.47. The minimum atomic E-state index is -0.991. The number of carbonyl (C=O) groups is 1. The molecule has 0 radical (unpaired) electrons. The first-order valence-electron chi connectivity index (χ1n) is 4.89. The number of aliphatic hydroxyl groups is 1. The van der Waals surface area contributed by atoms with Gasteiger partial charge < -0.3 is 9.84 Å². The zero-order chi connectivity index (χ0) is 13.7. The maximum Gasteiger partial charge on any atom is 0.333 e. The molecular weight excluding hydrogens is 263 g/mol. The van der Waals surface area contributed by atoms with Crippen LogP contribution in [-0.4, -0.2) is 18.2 Å². The summed E-state index contributed by atoms with van der Waals surface area (Å²) in [5.74, 6) is -2.78. The Morgan fingerprint density at radius 2 is 2.22 bits per heavy atom. The van der Waals surface area contributed by atoms with Crippen LogP contribution in [-0.2, 0) is 9.53 Å². The van der Waals surface area contributed by atoms with Gasteiger partial charge in [0.25, 0.3) is 0 Å². The van der Waals surface area contributed by atoms with E-state index in [1.54, 1.807) is 0 Å². The summed E-state index contributed by atoms with van der Waals surface area (Å²) in [6.45, 7) is 0. The van der Waals surface area contributed by atoms with Gasteiger partial charge in [0.2, 0.25) is 0 Å². The summed E-state index contributed by atoms with van der Waals surface area (Å²) in [7, 11) is 3.23. The lowest BCUT2D eigenvalue weighted by Crippen LogP contribution is -2.16. The number of rotatable bonds is 4. The number of ether oxygens (including phenoxy) is 1. The van der Waals surface area contributed by atoms with Gasteiger partial charge in [-0.25, -0.2) is 13.6 Å². The van der Waals surface area contributed by atoms with E-state index >= 15 is 0 Å². The molecule has 7 heteroatoms. The molecule has 0 aliphatic rings. The van der Waals surface area contributed by atoms with Crippen LogP contribution in [0.3, 0.4) is 0 Å². The number of benzene rings is 1. The Morgan fingerprint density at radius 1 is 1.56 bits per heavy atom. The number of esters is 1. The standard InChI is InChI=1S/C11H12F2NO3P/c1-17-10(16)5-9(15)11(14-18)7-3-2-6(12)4-8(7)13/h2-5,11,14-15H,18H2,1H3/b9-5-. The van der Waals surface area contributed by atoms with Crippen LogP contribution < -0.4 is 5.09 Å². The third-order valence-corrected chi connectivity index (χ3v) is 2.54. The second-order valence-electron chi connectivity index (χ2n) is 3.36. The Hall–Kier alpha value is -1.52. The van der Waals surface area contributed by atoms with Crippen molar-refractivity contribution in [2.24, 2.45) is 0 Å². The van der Waals surface area contributed by atoms with E-state index < -0.39 is 29.4 Å². The fraction of sp³-hybridized carbons (Fsp3) is 0.182. The summed E-state index contributed by atoms with van der Waals surface area (Å²) < 4.78 is 30.6. The van der Waals surface area contributed by atoms with Gasteiger partial charge in [-0.15, -0.1) is 0 Å². The minimum Gasteiger partial charge on any atom is -0.510 e. The monoisotopic (exact) mass is 275 g/mol. The molecule has 18 heavy (non-hydrogen) atoms. The number of aliphatic hydroxyl groups excluding tert-OH is 1. The molecule has 98 valence electrons. The van der Waals surface area contributed by atoms with Gasteiger partial charge in [0.1, 0.15) is 17.4 Å². The van der Waals surface area contributed by atoms with Crippen LogP contribution in [0.2, 0.25) is 0 Å². The Morgan fingerprint density at radius 3 is 2.72 bits per heavy atom. The average molecular weight is 275 g/mol. The van der Waals surface area contributed by atoms with Crippen molar-refractivity contribution in [3.63, 3.8) is 0 Å². The van der Waals surface area contributed by atoms with Crippen molar-refractivity contribution < 1.29 is 23.4 Å². The molecule has 0 saturated carbocycles. The van der Waals surface area contributed by atoms with Crippen molar-refractivity contribution in [2.75, 3.05) is 7.11 Å². The molecule has 0 bridgehead atoms. The van der Waals surface area contributed by atoms with E-state index in [1.807, 2.05) is 0 Å². The highest BCUT2D eigenvalue weighted by Crippen LogP contribution is 2.24. The summed E-state index contributed by atoms with van der Waals surface area (Å²) in [5.41, 5.74) is 0.00375. The molecule has 0 spiro atoms. The maximum atomic E-state index is 13.5. The smallest absolute Gasteiger partial charge is 0.333 e. The molecule has 2 N–H and O–H groups in total. The fourth-order valence-corrected chi connectivity index (χ4v) is 1.68. The third-order valence-electron chi connectivity index (χ3n) is 2.20. The number of nitrogens with one attached hydrogen (secondary N) is 1. The molecule has 0 fully saturated rings. The lowest BCUT2D eigenvalue weighted by atomic mass is 10.0. The largest absolute Gasteiger partial charge is 0.510 e. The first kappa shape index (κ1) is 14.5. The predicted molar refractivity (Wildman–Crippen MR) is 64.7 cm³/mol. The zero-order valence-electron chi connectivity index (χ0n) is 9.48. The van der Waals surface area contributed by atoms with E-state index in [1.165, 1.54) is 6.07 Å². The van der Waals surface area contributed by atoms with Crippen molar-refractivity contribution in [2.45, 2.75) is 6.04 Å². The summed E-state index contributed by atoms with van der Waals surface area (Å²) in [6.07, 6.45) is 0.810. The highest BCUT2D eigenvalue weighted by atomic mass is 31.0. The summed E-state index contributed by atoms with van der Waals surface area (Å²) in [4.78, 5) is 11.0. The van der Waals surface area contributed by atoms with Gasteiger partial charge in [0, 0.05) is 11.6 Å². The molecule has 0 aliphatic heterocycles. The molecule has 1 rings (SSSR count). The molecule has 0 aromatic heterocycles. The van der Waals surface area contributed by atoms with Crippen LogP contribution in [0.5, 0.6) is 0 Å². The molecule has 1 aromatic rings. The van der Waals surface area contributed by atoms with E-state index in [4.69, 9.17) is 0 Å². The van der Waals surface area contributed by atoms with Crippen LogP contribution >= 0.6 is 9.39 Å².